The summed E-state index contributed by atoms with van der Waals surface area (Å²) in [5, 5.41) is 0. The SMILES string of the molecule is COc1cc2c(cc1CN1CCCCC1)CC(C)N(C)C2. The Morgan fingerprint density at radius 2 is 1.90 bits per heavy atom. The smallest absolute Gasteiger partial charge is 0.123 e. The van der Waals surface area contributed by atoms with Gasteiger partial charge in [-0.15, -0.1) is 0 Å². The van der Waals surface area contributed by atoms with E-state index in [-0.39, 0.29) is 0 Å². The molecule has 2 aliphatic rings. The Balaban J connectivity index is 1.84. The van der Waals surface area contributed by atoms with Crippen LogP contribution < -0.4 is 4.74 Å². The van der Waals surface area contributed by atoms with Gasteiger partial charge < -0.3 is 4.74 Å². The van der Waals surface area contributed by atoms with Gasteiger partial charge in [0.15, 0.2) is 0 Å². The molecule has 1 atom stereocenters. The van der Waals surface area contributed by atoms with Crippen molar-refractivity contribution < 1.29 is 4.74 Å². The fourth-order valence-electron chi connectivity index (χ4n) is 3.63. The van der Waals surface area contributed by atoms with E-state index in [2.05, 4.69) is 35.9 Å². The summed E-state index contributed by atoms with van der Waals surface area (Å²) in [6, 6.07) is 5.32. The Morgan fingerprint density at radius 3 is 2.62 bits per heavy atom. The van der Waals surface area contributed by atoms with Crippen LogP contribution in [0.1, 0.15) is 42.9 Å². The van der Waals surface area contributed by atoms with E-state index in [1.807, 2.05) is 0 Å². The Bertz CT molecular complexity index is 494. The lowest BCUT2D eigenvalue weighted by Crippen LogP contribution is -2.35. The van der Waals surface area contributed by atoms with Crippen molar-refractivity contribution in [1.29, 1.82) is 0 Å². The van der Waals surface area contributed by atoms with Gasteiger partial charge in [-0.3, -0.25) is 9.80 Å². The van der Waals surface area contributed by atoms with E-state index >= 15 is 0 Å². The molecule has 3 rings (SSSR count). The van der Waals surface area contributed by atoms with E-state index in [1.165, 1.54) is 49.0 Å². The number of likely N-dealkylation sites (N-methyl/N-ethyl adjacent to an activating group) is 1. The normalized spacial score (nSPS) is 23.9. The molecule has 1 saturated heterocycles. The summed E-state index contributed by atoms with van der Waals surface area (Å²) in [6.07, 6.45) is 5.23. The van der Waals surface area contributed by atoms with E-state index in [9.17, 15) is 0 Å². The van der Waals surface area contributed by atoms with Gasteiger partial charge in [0.2, 0.25) is 0 Å². The first-order valence-corrected chi connectivity index (χ1v) is 8.28. The van der Waals surface area contributed by atoms with E-state index in [0.717, 1.165) is 25.3 Å². The molecule has 1 aromatic carbocycles. The zero-order chi connectivity index (χ0) is 14.8. The van der Waals surface area contributed by atoms with Crippen LogP contribution in [0, 0.1) is 0 Å². The van der Waals surface area contributed by atoms with Gasteiger partial charge in [0.1, 0.15) is 5.75 Å². The fourth-order valence-corrected chi connectivity index (χ4v) is 3.63. The average Bonchev–Trinajstić information content (AvgIpc) is 2.49. The van der Waals surface area contributed by atoms with Gasteiger partial charge in [0, 0.05) is 24.7 Å². The third-order valence-electron chi connectivity index (χ3n) is 5.13. The molecule has 0 spiro atoms. The van der Waals surface area contributed by atoms with Crippen molar-refractivity contribution in [2.45, 2.75) is 51.7 Å². The summed E-state index contributed by atoms with van der Waals surface area (Å²) in [4.78, 5) is 5.00. The molecule has 0 bridgehead atoms. The molecule has 0 amide bonds. The topological polar surface area (TPSA) is 15.7 Å². The molecule has 116 valence electrons. The Labute approximate surface area is 128 Å². The molecule has 2 aliphatic heterocycles. The maximum atomic E-state index is 5.67. The van der Waals surface area contributed by atoms with Crippen molar-refractivity contribution in [1.82, 2.24) is 9.80 Å². The third kappa shape index (κ3) is 3.24. The first-order valence-electron chi connectivity index (χ1n) is 8.28. The molecule has 2 heterocycles. The number of hydrogen-bond acceptors (Lipinski definition) is 3. The molecule has 1 fully saturated rings. The lowest BCUT2D eigenvalue weighted by Gasteiger charge is -2.33. The van der Waals surface area contributed by atoms with Gasteiger partial charge >= 0.3 is 0 Å². The van der Waals surface area contributed by atoms with Gasteiger partial charge in [-0.25, -0.2) is 0 Å². The highest BCUT2D eigenvalue weighted by molar-refractivity contribution is 5.44. The van der Waals surface area contributed by atoms with E-state index < -0.39 is 0 Å². The Kier molecular flexibility index (Phi) is 4.51. The molecule has 0 N–H and O–H groups in total. The van der Waals surface area contributed by atoms with Gasteiger partial charge in [-0.2, -0.15) is 0 Å². The van der Waals surface area contributed by atoms with Crippen molar-refractivity contribution in [3.8, 4) is 5.75 Å². The van der Waals surface area contributed by atoms with Crippen LogP contribution in [-0.2, 0) is 19.5 Å². The zero-order valence-electron chi connectivity index (χ0n) is 13.7. The zero-order valence-corrected chi connectivity index (χ0v) is 13.7. The summed E-state index contributed by atoms with van der Waals surface area (Å²) in [5.41, 5.74) is 4.33. The van der Waals surface area contributed by atoms with Crippen molar-refractivity contribution in [3.63, 3.8) is 0 Å². The number of ether oxygens (including phenoxy) is 1. The van der Waals surface area contributed by atoms with Crippen LogP contribution in [0.3, 0.4) is 0 Å². The maximum absolute atomic E-state index is 5.67. The van der Waals surface area contributed by atoms with Gasteiger partial charge in [-0.1, -0.05) is 12.5 Å². The minimum atomic E-state index is 0.633. The molecule has 3 heteroatoms. The highest BCUT2D eigenvalue weighted by Crippen LogP contribution is 2.30. The van der Waals surface area contributed by atoms with Crippen molar-refractivity contribution in [2.24, 2.45) is 0 Å². The second-order valence-electron chi connectivity index (χ2n) is 6.74. The minimum absolute atomic E-state index is 0.633. The predicted molar refractivity (Wildman–Crippen MR) is 86.8 cm³/mol. The molecule has 1 unspecified atom stereocenters. The van der Waals surface area contributed by atoms with Gasteiger partial charge in [0.25, 0.3) is 0 Å². The van der Waals surface area contributed by atoms with Crippen LogP contribution in [0.4, 0.5) is 0 Å². The average molecular weight is 288 g/mol. The number of nitrogens with zero attached hydrogens (tertiary/aromatic N) is 2. The quantitative estimate of drug-likeness (QED) is 0.850. The van der Waals surface area contributed by atoms with Crippen molar-refractivity contribution >= 4 is 0 Å². The number of fused-ring (bicyclic) bond motifs is 1. The van der Waals surface area contributed by atoms with E-state index in [4.69, 9.17) is 4.74 Å². The van der Waals surface area contributed by atoms with Crippen LogP contribution >= 0.6 is 0 Å². The van der Waals surface area contributed by atoms with Crippen LogP contribution in [-0.4, -0.2) is 43.1 Å². The summed E-state index contributed by atoms with van der Waals surface area (Å²) >= 11 is 0. The highest BCUT2D eigenvalue weighted by Gasteiger charge is 2.22. The molecule has 1 aromatic rings. The molecular formula is C18H28N2O. The van der Waals surface area contributed by atoms with Crippen LogP contribution in [0.15, 0.2) is 12.1 Å². The summed E-state index contributed by atoms with van der Waals surface area (Å²) < 4.78 is 5.67. The number of benzene rings is 1. The molecule has 0 aromatic heterocycles. The molecule has 3 nitrogen and oxygen atoms in total. The summed E-state index contributed by atoms with van der Waals surface area (Å²) in [6.45, 7) is 6.87. The monoisotopic (exact) mass is 288 g/mol. The van der Waals surface area contributed by atoms with Crippen molar-refractivity contribution in [3.05, 3.63) is 28.8 Å². The Hall–Kier alpha value is -1.06. The van der Waals surface area contributed by atoms with Gasteiger partial charge in [-0.05, 0) is 63.5 Å². The number of piperidine rings is 1. The van der Waals surface area contributed by atoms with Gasteiger partial charge in [0.05, 0.1) is 7.11 Å². The third-order valence-corrected chi connectivity index (χ3v) is 5.13. The summed E-state index contributed by atoms with van der Waals surface area (Å²) in [7, 11) is 4.01. The lowest BCUT2D eigenvalue weighted by atomic mass is 9.92. The van der Waals surface area contributed by atoms with Crippen molar-refractivity contribution in [2.75, 3.05) is 27.2 Å². The second kappa shape index (κ2) is 6.37. The molecule has 21 heavy (non-hydrogen) atoms. The van der Waals surface area contributed by atoms with E-state index in [1.54, 1.807) is 7.11 Å². The van der Waals surface area contributed by atoms with E-state index in [0.29, 0.717) is 6.04 Å². The standard InChI is InChI=1S/C18H28N2O/c1-14-9-15-10-17(13-20-7-5-4-6-8-20)18(21-3)11-16(15)12-19(14)2/h10-11,14H,4-9,12-13H2,1-3H3. The number of likely N-dealkylation sites (tertiary alicyclic amines) is 1. The lowest BCUT2D eigenvalue weighted by molar-refractivity contribution is 0.216. The number of hydrogen-bond donors (Lipinski definition) is 0. The maximum Gasteiger partial charge on any atom is 0.123 e. The predicted octanol–water partition coefficient (Wildman–Crippen LogP) is 3.06. The second-order valence-corrected chi connectivity index (χ2v) is 6.74. The molecule has 0 saturated carbocycles. The molecular weight excluding hydrogens is 260 g/mol. The largest absolute Gasteiger partial charge is 0.496 e. The fraction of sp³-hybridized carbons (Fsp3) is 0.667. The molecule has 0 radical (unpaired) electrons. The number of methoxy groups -OCH3 is 1. The van der Waals surface area contributed by atoms with Crippen LogP contribution in [0.25, 0.3) is 0 Å². The minimum Gasteiger partial charge on any atom is -0.496 e. The Morgan fingerprint density at radius 1 is 1.14 bits per heavy atom. The van der Waals surface area contributed by atoms with Crippen LogP contribution in [0.2, 0.25) is 0 Å². The highest BCUT2D eigenvalue weighted by atomic mass is 16.5. The number of rotatable bonds is 3. The molecule has 0 aliphatic carbocycles. The summed E-state index contributed by atoms with van der Waals surface area (Å²) in [5.74, 6) is 1.07. The van der Waals surface area contributed by atoms with Crippen LogP contribution in [0.5, 0.6) is 5.75 Å². The first-order chi connectivity index (χ1) is 10.2. The first kappa shape index (κ1) is 14.9.